The second-order valence-electron chi connectivity index (χ2n) is 9.32. The second-order valence-corrected chi connectivity index (χ2v) is 11.1. The maximum Gasteiger partial charge on any atom is 0.240 e. The third-order valence-electron chi connectivity index (χ3n) is 6.43. The normalized spacial score (nSPS) is 11.3. The van der Waals surface area contributed by atoms with Gasteiger partial charge in [-0.2, -0.15) is 5.10 Å². The number of ether oxygens (including phenoxy) is 1. The van der Waals surface area contributed by atoms with Gasteiger partial charge in [-0.3, -0.25) is 0 Å². The number of pyridine rings is 1. The highest BCUT2D eigenvalue weighted by Gasteiger charge is 2.16. The fourth-order valence-electron chi connectivity index (χ4n) is 4.29. The van der Waals surface area contributed by atoms with E-state index in [1.54, 1.807) is 37.6 Å². The molecule has 0 fully saturated rings. The molecule has 0 aliphatic heterocycles. The number of methoxy groups -OCH3 is 1. The first-order chi connectivity index (χ1) is 19.4. The number of hydrogen-bond acceptors (Lipinski definition) is 6. The molecule has 0 aliphatic rings. The van der Waals surface area contributed by atoms with Crippen molar-refractivity contribution in [3.8, 4) is 33.8 Å². The summed E-state index contributed by atoms with van der Waals surface area (Å²) in [5.41, 5.74) is 5.65. The zero-order valence-corrected chi connectivity index (χ0v) is 23.2. The van der Waals surface area contributed by atoms with Crippen LogP contribution < -0.4 is 14.8 Å². The van der Waals surface area contributed by atoms with Gasteiger partial charge in [0.1, 0.15) is 17.3 Å². The highest BCUT2D eigenvalue weighted by atomic mass is 32.2. The van der Waals surface area contributed by atoms with Gasteiger partial charge in [-0.05, 0) is 67.4 Å². The molecule has 8 nitrogen and oxygen atoms in total. The number of rotatable bonds is 11. The lowest BCUT2D eigenvalue weighted by atomic mass is 10.0. The molecule has 0 saturated carbocycles. The van der Waals surface area contributed by atoms with Crippen LogP contribution in [0.5, 0.6) is 5.75 Å². The first kappa shape index (κ1) is 27.1. The van der Waals surface area contributed by atoms with Crippen LogP contribution in [0.3, 0.4) is 0 Å². The summed E-state index contributed by atoms with van der Waals surface area (Å²) in [7, 11) is -1.88. The molecule has 0 aliphatic carbocycles. The van der Waals surface area contributed by atoms with Gasteiger partial charge in [0.25, 0.3) is 0 Å². The molecule has 0 bridgehead atoms. The number of nitrogens with zero attached hydrogens (tertiary/aromatic N) is 3. The average molecular weight is 554 g/mol. The van der Waals surface area contributed by atoms with E-state index >= 15 is 0 Å². The van der Waals surface area contributed by atoms with Gasteiger partial charge in [-0.15, -0.1) is 0 Å². The molecule has 40 heavy (non-hydrogen) atoms. The molecule has 0 unspecified atom stereocenters. The molecule has 9 heteroatoms. The first-order valence-electron chi connectivity index (χ1n) is 13.0. The fraction of sp³-hybridized carbons (Fsp3) is 0.161. The Morgan fingerprint density at radius 2 is 1.68 bits per heavy atom. The maximum absolute atomic E-state index is 12.5. The highest BCUT2D eigenvalue weighted by molar-refractivity contribution is 7.89. The van der Waals surface area contributed by atoms with Gasteiger partial charge in [0.15, 0.2) is 0 Å². The Balaban J connectivity index is 1.31. The van der Waals surface area contributed by atoms with E-state index in [0.717, 1.165) is 39.4 Å². The Kier molecular flexibility index (Phi) is 8.23. The minimum absolute atomic E-state index is 0.267. The van der Waals surface area contributed by atoms with Gasteiger partial charge in [0.05, 0.1) is 17.7 Å². The van der Waals surface area contributed by atoms with Crippen LogP contribution in [-0.2, 0) is 10.0 Å². The highest BCUT2D eigenvalue weighted by Crippen LogP contribution is 2.34. The number of aryl methyl sites for hydroxylation is 1. The average Bonchev–Trinajstić information content (AvgIpc) is 3.44. The molecule has 2 aromatic heterocycles. The monoisotopic (exact) mass is 553 g/mol. The summed E-state index contributed by atoms with van der Waals surface area (Å²) in [4.78, 5) is 4.73. The number of hydrogen-bond donors (Lipinski definition) is 2. The molecule has 0 atom stereocenters. The molecule has 5 aromatic rings. The van der Waals surface area contributed by atoms with Crippen LogP contribution in [0, 0.1) is 6.92 Å². The standard InChI is InChI=1S/C31H31N5O3S/c1-23-12-14-28(15-13-23)40(37,38)34-18-7-17-32-30-21-24(16-19-33-30)29-22-36(26-9-4-3-5-10-26)35-31(29)25-8-6-11-27(20-25)39-2/h3-6,8-16,19-22,34H,7,17-18H2,1-2H3,(H,32,33). The lowest BCUT2D eigenvalue weighted by Gasteiger charge is -2.10. The fourth-order valence-corrected chi connectivity index (χ4v) is 5.36. The van der Waals surface area contributed by atoms with Crippen molar-refractivity contribution in [1.82, 2.24) is 19.5 Å². The van der Waals surface area contributed by atoms with Crippen LogP contribution in [0.15, 0.2) is 108 Å². The van der Waals surface area contributed by atoms with Gasteiger partial charge in [0.2, 0.25) is 10.0 Å². The van der Waals surface area contributed by atoms with Crippen LogP contribution in [0.25, 0.3) is 28.1 Å². The Bertz CT molecular complexity index is 1680. The van der Waals surface area contributed by atoms with Crippen LogP contribution >= 0.6 is 0 Å². The first-order valence-corrected chi connectivity index (χ1v) is 14.5. The van der Waals surface area contributed by atoms with Crippen molar-refractivity contribution in [3.05, 3.63) is 109 Å². The number of aromatic nitrogens is 3. The molecule has 5 rings (SSSR count). The Morgan fingerprint density at radius 3 is 2.45 bits per heavy atom. The predicted molar refractivity (Wildman–Crippen MR) is 158 cm³/mol. The number of sulfonamides is 1. The molecule has 2 heterocycles. The molecular weight excluding hydrogens is 522 g/mol. The van der Waals surface area contributed by atoms with E-state index < -0.39 is 10.0 Å². The summed E-state index contributed by atoms with van der Waals surface area (Å²) in [6, 6.07) is 28.6. The van der Waals surface area contributed by atoms with Crippen molar-refractivity contribution in [2.24, 2.45) is 0 Å². The molecule has 0 amide bonds. The third-order valence-corrected chi connectivity index (χ3v) is 7.91. The van der Waals surface area contributed by atoms with E-state index in [-0.39, 0.29) is 4.90 Å². The van der Waals surface area contributed by atoms with Gasteiger partial charge < -0.3 is 10.1 Å². The Labute approximate surface area is 234 Å². The molecular formula is C31H31N5O3S. The lowest BCUT2D eigenvalue weighted by Crippen LogP contribution is -2.26. The molecule has 0 spiro atoms. The number of nitrogens with one attached hydrogen (secondary N) is 2. The van der Waals surface area contributed by atoms with Crippen molar-refractivity contribution < 1.29 is 13.2 Å². The molecule has 204 valence electrons. The van der Waals surface area contributed by atoms with E-state index in [1.165, 1.54) is 0 Å². The molecule has 3 aromatic carbocycles. The molecule has 2 N–H and O–H groups in total. The topological polar surface area (TPSA) is 98.1 Å². The van der Waals surface area contributed by atoms with E-state index in [1.807, 2.05) is 84.5 Å². The van der Waals surface area contributed by atoms with Crippen LogP contribution in [-0.4, -0.2) is 43.4 Å². The summed E-state index contributed by atoms with van der Waals surface area (Å²) in [6.45, 7) is 2.79. The van der Waals surface area contributed by atoms with E-state index in [9.17, 15) is 8.42 Å². The summed E-state index contributed by atoms with van der Waals surface area (Å²) in [5, 5.41) is 8.24. The van der Waals surface area contributed by atoms with Gasteiger partial charge in [-0.1, -0.05) is 48.0 Å². The van der Waals surface area contributed by atoms with Gasteiger partial charge in [0, 0.05) is 36.6 Å². The second kappa shape index (κ2) is 12.1. The minimum Gasteiger partial charge on any atom is -0.497 e. The van der Waals surface area contributed by atoms with Crippen molar-refractivity contribution in [2.75, 3.05) is 25.5 Å². The summed E-state index contributed by atoms with van der Waals surface area (Å²) < 4.78 is 35.0. The maximum atomic E-state index is 12.5. The largest absolute Gasteiger partial charge is 0.497 e. The third kappa shape index (κ3) is 6.39. The van der Waals surface area contributed by atoms with Crippen LogP contribution in [0.1, 0.15) is 12.0 Å². The van der Waals surface area contributed by atoms with Gasteiger partial charge in [-0.25, -0.2) is 22.8 Å². The van der Waals surface area contributed by atoms with Crippen molar-refractivity contribution in [2.45, 2.75) is 18.2 Å². The van der Waals surface area contributed by atoms with Crippen LogP contribution in [0.2, 0.25) is 0 Å². The lowest BCUT2D eigenvalue weighted by molar-refractivity contribution is 0.415. The van der Waals surface area contributed by atoms with E-state index in [4.69, 9.17) is 9.84 Å². The molecule has 0 saturated heterocycles. The summed E-state index contributed by atoms with van der Waals surface area (Å²) in [5.74, 6) is 1.45. The summed E-state index contributed by atoms with van der Waals surface area (Å²) in [6.07, 6.45) is 4.37. The van der Waals surface area contributed by atoms with Crippen LogP contribution in [0.4, 0.5) is 5.82 Å². The zero-order valence-electron chi connectivity index (χ0n) is 22.4. The van der Waals surface area contributed by atoms with Gasteiger partial charge >= 0.3 is 0 Å². The smallest absolute Gasteiger partial charge is 0.240 e. The zero-order chi connectivity index (χ0) is 28.0. The van der Waals surface area contributed by atoms with Crippen molar-refractivity contribution in [1.29, 1.82) is 0 Å². The number of para-hydroxylation sites is 1. The predicted octanol–water partition coefficient (Wildman–Crippen LogP) is 5.70. The SMILES string of the molecule is COc1cccc(-c2nn(-c3ccccc3)cc2-c2ccnc(NCCCNS(=O)(=O)c3ccc(C)cc3)c2)c1. The Morgan fingerprint density at radius 1 is 0.875 bits per heavy atom. The van der Waals surface area contributed by atoms with Crippen molar-refractivity contribution >= 4 is 15.8 Å². The summed E-state index contributed by atoms with van der Waals surface area (Å²) >= 11 is 0. The Hall–Kier alpha value is -4.47. The quantitative estimate of drug-likeness (QED) is 0.204. The minimum atomic E-state index is -3.53. The number of benzene rings is 3. The molecule has 0 radical (unpaired) electrons. The number of anilines is 1. The van der Waals surface area contributed by atoms with E-state index in [0.29, 0.717) is 25.3 Å². The van der Waals surface area contributed by atoms with E-state index in [2.05, 4.69) is 15.0 Å². The van der Waals surface area contributed by atoms with Crippen molar-refractivity contribution in [3.63, 3.8) is 0 Å².